The zero-order chi connectivity index (χ0) is 36.1. The number of aryl methyl sites for hydroxylation is 1. The fourth-order valence-electron chi connectivity index (χ4n) is 5.94. The van der Waals surface area contributed by atoms with Crippen LogP contribution in [0.4, 0.5) is 23.2 Å². The van der Waals surface area contributed by atoms with E-state index in [1.54, 1.807) is 19.1 Å². The number of nitrogens with zero attached hydrogens (tertiary/aromatic N) is 2. The van der Waals surface area contributed by atoms with E-state index in [4.69, 9.17) is 11.6 Å². The maximum Gasteiger partial charge on any atom is 0.335 e. The molecule has 1 amide bonds. The van der Waals surface area contributed by atoms with Crippen LogP contribution in [-0.2, 0) is 27.9 Å². The van der Waals surface area contributed by atoms with Crippen molar-refractivity contribution in [3.8, 4) is 0 Å². The molecule has 0 atom stereocenters. The predicted molar refractivity (Wildman–Crippen MR) is 183 cm³/mol. The van der Waals surface area contributed by atoms with Crippen molar-refractivity contribution >= 4 is 55.1 Å². The summed E-state index contributed by atoms with van der Waals surface area (Å²) in [6.07, 6.45) is 4.16. The first-order valence-electron chi connectivity index (χ1n) is 15.7. The number of benzene rings is 4. The van der Waals surface area contributed by atoms with Gasteiger partial charge in [0, 0.05) is 17.3 Å². The van der Waals surface area contributed by atoms with Crippen molar-refractivity contribution in [3.05, 3.63) is 127 Å². The van der Waals surface area contributed by atoms with Gasteiger partial charge in [0.05, 0.1) is 23.1 Å². The number of hydrogen-bond acceptors (Lipinski definition) is 4. The SMILES string of the molecule is Cc1cc(C(=O)O)ccc1N(Cc1cc(C2CC2)cc(C2CC2)c1)C(=O)CN(Cc1ccccc1Cl)S(=O)(=O)c1c(F)c(F)c(F)c(F)c1Br. The van der Waals surface area contributed by atoms with Crippen molar-refractivity contribution in [2.24, 2.45) is 0 Å². The van der Waals surface area contributed by atoms with Crippen LogP contribution in [0.5, 0.6) is 0 Å². The number of halogens is 6. The standard InChI is InChI=1S/C36H30BrClF4N2O5S/c1-19-12-23(36(46)47)10-11-28(19)44(16-20-13-25(21-6-7-21)15-26(14-20)22-8-9-22)29(45)18-43(17-24-4-2-3-5-27(24)38)50(48,49)35-30(37)31(39)32(40)33(41)34(35)42/h2-5,10-15,21-22H,6-9,16-18H2,1H3,(H,46,47). The summed E-state index contributed by atoms with van der Waals surface area (Å²) in [6, 6.07) is 16.4. The molecular formula is C36H30BrClF4N2O5S. The molecule has 7 nitrogen and oxygen atoms in total. The number of carboxylic acid groups (broad SMARTS) is 1. The highest BCUT2D eigenvalue weighted by atomic mass is 79.9. The Morgan fingerprint density at radius 3 is 2.02 bits per heavy atom. The number of anilines is 1. The Bertz CT molecular complexity index is 2080. The van der Waals surface area contributed by atoms with Gasteiger partial charge in [-0.3, -0.25) is 4.79 Å². The summed E-state index contributed by atoms with van der Waals surface area (Å²) in [5, 5.41) is 9.66. The lowest BCUT2D eigenvalue weighted by Crippen LogP contribution is -2.43. The van der Waals surface area contributed by atoms with E-state index in [0.29, 0.717) is 21.7 Å². The lowest BCUT2D eigenvalue weighted by atomic mass is 9.99. The van der Waals surface area contributed by atoms with E-state index in [0.717, 1.165) is 42.4 Å². The Morgan fingerprint density at radius 2 is 1.46 bits per heavy atom. The molecule has 50 heavy (non-hydrogen) atoms. The number of carbonyl (C=O) groups excluding carboxylic acids is 1. The van der Waals surface area contributed by atoms with Gasteiger partial charge in [-0.2, -0.15) is 4.31 Å². The maximum atomic E-state index is 15.2. The molecule has 0 unspecified atom stereocenters. The molecule has 2 saturated carbocycles. The monoisotopic (exact) mass is 792 g/mol. The van der Waals surface area contributed by atoms with Crippen LogP contribution in [-0.4, -0.2) is 36.3 Å². The van der Waals surface area contributed by atoms with Crippen LogP contribution >= 0.6 is 27.5 Å². The van der Waals surface area contributed by atoms with E-state index in [2.05, 4.69) is 22.0 Å². The average Bonchev–Trinajstić information content (AvgIpc) is 4.00. The summed E-state index contributed by atoms with van der Waals surface area (Å²) in [5.74, 6) is -9.91. The zero-order valence-corrected chi connectivity index (χ0v) is 29.7. The summed E-state index contributed by atoms with van der Waals surface area (Å²) >= 11 is 8.91. The highest BCUT2D eigenvalue weighted by Crippen LogP contribution is 2.45. The molecular weight excluding hydrogens is 764 g/mol. The predicted octanol–water partition coefficient (Wildman–Crippen LogP) is 8.84. The first-order chi connectivity index (χ1) is 23.7. The molecule has 0 heterocycles. The smallest absolute Gasteiger partial charge is 0.335 e. The van der Waals surface area contributed by atoms with Gasteiger partial charge in [0.15, 0.2) is 23.3 Å². The molecule has 4 aromatic carbocycles. The van der Waals surface area contributed by atoms with Crippen LogP contribution in [0.2, 0.25) is 5.02 Å². The van der Waals surface area contributed by atoms with Gasteiger partial charge < -0.3 is 10.0 Å². The molecule has 4 aromatic rings. The second-order valence-corrected chi connectivity index (χ2v) is 15.7. The summed E-state index contributed by atoms with van der Waals surface area (Å²) in [6.45, 7) is -0.0384. The Balaban J connectivity index is 1.45. The van der Waals surface area contributed by atoms with Crippen LogP contribution in [0.15, 0.2) is 70.0 Å². The van der Waals surface area contributed by atoms with E-state index < -0.39 is 67.6 Å². The molecule has 262 valence electrons. The normalized spacial score (nSPS) is 14.6. The van der Waals surface area contributed by atoms with Crippen LogP contribution in [0.3, 0.4) is 0 Å². The second kappa shape index (κ2) is 14.1. The average molecular weight is 794 g/mol. The summed E-state index contributed by atoms with van der Waals surface area (Å²) in [7, 11) is -5.29. The molecule has 0 aromatic heterocycles. The molecule has 0 radical (unpaired) electrons. The third-order valence-electron chi connectivity index (χ3n) is 8.89. The van der Waals surface area contributed by atoms with Crippen molar-refractivity contribution in [3.63, 3.8) is 0 Å². The number of sulfonamides is 1. The number of carboxylic acids is 1. The Labute approximate surface area is 299 Å². The van der Waals surface area contributed by atoms with Gasteiger partial charge in [-0.1, -0.05) is 48.0 Å². The van der Waals surface area contributed by atoms with Crippen molar-refractivity contribution < 1.29 is 40.7 Å². The van der Waals surface area contributed by atoms with Crippen LogP contribution in [0.1, 0.15) is 75.7 Å². The Morgan fingerprint density at radius 1 is 0.860 bits per heavy atom. The van der Waals surface area contributed by atoms with Gasteiger partial charge in [0.1, 0.15) is 4.90 Å². The number of carbonyl (C=O) groups is 2. The number of amides is 1. The van der Waals surface area contributed by atoms with Gasteiger partial charge in [0.2, 0.25) is 15.9 Å². The number of rotatable bonds is 12. The summed E-state index contributed by atoms with van der Waals surface area (Å²) in [4.78, 5) is 25.9. The molecule has 2 aliphatic rings. The van der Waals surface area contributed by atoms with Crippen molar-refractivity contribution in [1.29, 1.82) is 0 Å². The van der Waals surface area contributed by atoms with E-state index in [9.17, 15) is 36.3 Å². The van der Waals surface area contributed by atoms with Gasteiger partial charge in [-0.25, -0.2) is 30.8 Å². The van der Waals surface area contributed by atoms with E-state index >= 15 is 4.39 Å². The Kier molecular flexibility index (Phi) is 10.2. The molecule has 0 aliphatic heterocycles. The fourth-order valence-corrected chi connectivity index (χ4v) is 8.58. The molecule has 2 aliphatic carbocycles. The van der Waals surface area contributed by atoms with E-state index in [-0.39, 0.29) is 28.4 Å². The largest absolute Gasteiger partial charge is 0.478 e. The highest BCUT2D eigenvalue weighted by molar-refractivity contribution is 9.10. The Hall–Kier alpha value is -3.78. The summed E-state index contributed by atoms with van der Waals surface area (Å²) < 4.78 is 85.9. The molecule has 0 bridgehead atoms. The molecule has 2 fully saturated rings. The lowest BCUT2D eigenvalue weighted by Gasteiger charge is -2.29. The van der Waals surface area contributed by atoms with E-state index in [1.165, 1.54) is 35.2 Å². The quantitative estimate of drug-likeness (QED) is 0.0879. The maximum absolute atomic E-state index is 15.2. The molecule has 1 N–H and O–H groups in total. The second-order valence-electron chi connectivity index (χ2n) is 12.6. The number of aromatic carboxylic acids is 1. The van der Waals surface area contributed by atoms with Gasteiger partial charge in [-0.15, -0.1) is 0 Å². The third-order valence-corrected chi connectivity index (χ3v) is 12.1. The van der Waals surface area contributed by atoms with Crippen molar-refractivity contribution in [2.75, 3.05) is 11.4 Å². The minimum absolute atomic E-state index is 0.0333. The van der Waals surface area contributed by atoms with Gasteiger partial charge in [-0.05, 0) is 112 Å². The lowest BCUT2D eigenvalue weighted by molar-refractivity contribution is -0.119. The third kappa shape index (κ3) is 7.32. The van der Waals surface area contributed by atoms with E-state index in [1.807, 2.05) is 12.1 Å². The van der Waals surface area contributed by atoms with Gasteiger partial charge in [0.25, 0.3) is 0 Å². The zero-order valence-electron chi connectivity index (χ0n) is 26.5. The van der Waals surface area contributed by atoms with Crippen LogP contribution < -0.4 is 4.90 Å². The van der Waals surface area contributed by atoms with Crippen molar-refractivity contribution in [1.82, 2.24) is 4.31 Å². The number of hydrogen-bond donors (Lipinski definition) is 1. The summed E-state index contributed by atoms with van der Waals surface area (Å²) in [5.41, 5.74) is 3.88. The van der Waals surface area contributed by atoms with Crippen molar-refractivity contribution in [2.45, 2.75) is 62.4 Å². The minimum Gasteiger partial charge on any atom is -0.478 e. The van der Waals surface area contributed by atoms with Crippen LogP contribution in [0, 0.1) is 30.2 Å². The topological polar surface area (TPSA) is 95.0 Å². The first-order valence-corrected chi connectivity index (χ1v) is 18.3. The molecule has 0 spiro atoms. The highest BCUT2D eigenvalue weighted by Gasteiger charge is 2.38. The molecule has 14 heteroatoms. The first kappa shape index (κ1) is 36.0. The molecule has 6 rings (SSSR count). The minimum atomic E-state index is -5.29. The fraction of sp³-hybridized carbons (Fsp3) is 0.278. The van der Waals surface area contributed by atoms with Crippen LogP contribution in [0.25, 0.3) is 0 Å². The van der Waals surface area contributed by atoms with Gasteiger partial charge >= 0.3 is 5.97 Å². The molecule has 0 saturated heterocycles.